The molecule has 4 heteroatoms. The van der Waals surface area contributed by atoms with Crippen molar-refractivity contribution in [3.05, 3.63) is 0 Å². The second kappa shape index (κ2) is 7.49. The van der Waals surface area contributed by atoms with E-state index in [9.17, 15) is 4.79 Å². The number of hydrogen-bond donors (Lipinski definition) is 1. The van der Waals surface area contributed by atoms with E-state index in [1.165, 1.54) is 19.3 Å². The first-order valence-corrected chi connectivity index (χ1v) is 8.17. The predicted octanol–water partition coefficient (Wildman–Crippen LogP) is 3.25. The third kappa shape index (κ3) is 4.64. The maximum absolute atomic E-state index is 12.0. The van der Waals surface area contributed by atoms with Crippen molar-refractivity contribution in [2.45, 2.75) is 75.8 Å². The number of halogens is 1. The molecular formula is C15H26ClNO2. The van der Waals surface area contributed by atoms with Gasteiger partial charge in [-0.05, 0) is 38.5 Å². The number of alkyl halides is 1. The zero-order valence-corrected chi connectivity index (χ0v) is 12.6. The van der Waals surface area contributed by atoms with Gasteiger partial charge in [-0.2, -0.15) is 0 Å². The van der Waals surface area contributed by atoms with Gasteiger partial charge in [-0.25, -0.2) is 0 Å². The van der Waals surface area contributed by atoms with Crippen LogP contribution < -0.4 is 5.32 Å². The lowest BCUT2D eigenvalue weighted by Crippen LogP contribution is -2.43. The average Bonchev–Trinajstić information content (AvgIpc) is 2.52. The average molecular weight is 288 g/mol. The molecular weight excluding hydrogens is 262 g/mol. The van der Waals surface area contributed by atoms with Crippen LogP contribution >= 0.6 is 11.6 Å². The molecule has 0 aromatic rings. The van der Waals surface area contributed by atoms with Crippen molar-refractivity contribution in [1.82, 2.24) is 5.32 Å². The molecule has 2 saturated carbocycles. The van der Waals surface area contributed by atoms with Gasteiger partial charge < -0.3 is 10.1 Å². The molecule has 0 spiro atoms. The molecule has 19 heavy (non-hydrogen) atoms. The van der Waals surface area contributed by atoms with Crippen molar-refractivity contribution < 1.29 is 9.53 Å². The van der Waals surface area contributed by atoms with E-state index in [2.05, 4.69) is 5.32 Å². The first-order chi connectivity index (χ1) is 9.19. The van der Waals surface area contributed by atoms with Crippen LogP contribution in [0.5, 0.6) is 0 Å². The van der Waals surface area contributed by atoms with Gasteiger partial charge in [-0.1, -0.05) is 19.3 Å². The minimum absolute atomic E-state index is 0.115. The quantitative estimate of drug-likeness (QED) is 0.623. The predicted molar refractivity (Wildman–Crippen MR) is 77.4 cm³/mol. The molecule has 2 fully saturated rings. The highest BCUT2D eigenvalue weighted by Crippen LogP contribution is 2.32. The van der Waals surface area contributed by atoms with Crippen LogP contribution in [-0.4, -0.2) is 30.0 Å². The number of rotatable bonds is 5. The van der Waals surface area contributed by atoms with Crippen LogP contribution in [0.3, 0.4) is 0 Å². The van der Waals surface area contributed by atoms with Crippen molar-refractivity contribution in [3.63, 3.8) is 0 Å². The summed E-state index contributed by atoms with van der Waals surface area (Å²) in [5.74, 6) is 0.689. The Bertz CT molecular complexity index is 292. The molecule has 0 aromatic carbocycles. The Kier molecular flexibility index (Phi) is 5.96. The second-order valence-corrected chi connectivity index (χ2v) is 6.51. The molecule has 2 aliphatic carbocycles. The molecule has 0 bridgehead atoms. The monoisotopic (exact) mass is 287 g/mol. The van der Waals surface area contributed by atoms with Gasteiger partial charge in [0.15, 0.2) is 0 Å². The summed E-state index contributed by atoms with van der Waals surface area (Å²) in [7, 11) is 0. The molecule has 2 unspecified atom stereocenters. The van der Waals surface area contributed by atoms with Gasteiger partial charge in [0.25, 0.3) is 0 Å². The van der Waals surface area contributed by atoms with Crippen LogP contribution in [0.4, 0.5) is 0 Å². The van der Waals surface area contributed by atoms with Gasteiger partial charge in [-0.3, -0.25) is 4.79 Å². The van der Waals surface area contributed by atoms with E-state index in [0.29, 0.717) is 18.4 Å². The van der Waals surface area contributed by atoms with Gasteiger partial charge in [0.05, 0.1) is 11.5 Å². The largest absolute Gasteiger partial charge is 0.378 e. The summed E-state index contributed by atoms with van der Waals surface area (Å²) in [6.45, 7) is 2.80. The van der Waals surface area contributed by atoms with Crippen molar-refractivity contribution in [2.24, 2.45) is 5.92 Å². The maximum atomic E-state index is 12.0. The van der Waals surface area contributed by atoms with Crippen molar-refractivity contribution in [1.29, 1.82) is 0 Å². The van der Waals surface area contributed by atoms with E-state index >= 15 is 0 Å². The Morgan fingerprint density at radius 1 is 1.26 bits per heavy atom. The smallest absolute Gasteiger partial charge is 0.220 e. The van der Waals surface area contributed by atoms with Gasteiger partial charge in [0, 0.05) is 19.1 Å². The fourth-order valence-electron chi connectivity index (χ4n) is 3.17. The molecule has 2 aliphatic rings. The first-order valence-electron chi connectivity index (χ1n) is 7.74. The van der Waals surface area contributed by atoms with E-state index in [4.69, 9.17) is 16.3 Å². The van der Waals surface area contributed by atoms with Crippen molar-refractivity contribution in [2.75, 3.05) is 6.61 Å². The minimum Gasteiger partial charge on any atom is -0.378 e. The standard InChI is InChI=1S/C15H26ClNO2/c1-2-19-12-8-11(9-12)10-15(18)17-14-7-5-3-4-6-13(14)16/h11-14H,2-10H2,1H3,(H,17,18). The lowest BCUT2D eigenvalue weighted by Gasteiger charge is -2.35. The summed E-state index contributed by atoms with van der Waals surface area (Å²) in [4.78, 5) is 12.0. The van der Waals surface area contributed by atoms with Crippen LogP contribution in [0.2, 0.25) is 0 Å². The molecule has 0 heterocycles. The second-order valence-electron chi connectivity index (χ2n) is 5.95. The molecule has 0 radical (unpaired) electrons. The van der Waals surface area contributed by atoms with Gasteiger partial charge in [-0.15, -0.1) is 11.6 Å². The van der Waals surface area contributed by atoms with Crippen LogP contribution in [-0.2, 0) is 9.53 Å². The highest BCUT2D eigenvalue weighted by molar-refractivity contribution is 6.21. The van der Waals surface area contributed by atoms with Crippen molar-refractivity contribution in [3.8, 4) is 0 Å². The normalized spacial score (nSPS) is 35.3. The van der Waals surface area contributed by atoms with E-state index in [1.54, 1.807) is 0 Å². The molecule has 3 nitrogen and oxygen atoms in total. The Labute approximate surface area is 121 Å². The molecule has 0 saturated heterocycles. The zero-order valence-electron chi connectivity index (χ0n) is 11.9. The third-order valence-corrected chi connectivity index (χ3v) is 4.87. The summed E-state index contributed by atoms with van der Waals surface area (Å²) in [5.41, 5.74) is 0. The Balaban J connectivity index is 1.66. The summed E-state index contributed by atoms with van der Waals surface area (Å²) in [5, 5.41) is 3.26. The summed E-state index contributed by atoms with van der Waals surface area (Å²) in [6.07, 6.45) is 8.80. The summed E-state index contributed by atoms with van der Waals surface area (Å²) in [6, 6.07) is 0.180. The zero-order chi connectivity index (χ0) is 13.7. The fraction of sp³-hybridized carbons (Fsp3) is 0.933. The molecule has 0 aliphatic heterocycles. The summed E-state index contributed by atoms with van der Waals surface area (Å²) >= 11 is 6.35. The number of nitrogens with one attached hydrogen (secondary N) is 1. The highest BCUT2D eigenvalue weighted by atomic mass is 35.5. The molecule has 2 atom stereocenters. The van der Waals surface area contributed by atoms with Crippen molar-refractivity contribution >= 4 is 17.5 Å². The summed E-state index contributed by atoms with van der Waals surface area (Å²) < 4.78 is 5.52. The molecule has 2 rings (SSSR count). The molecule has 1 amide bonds. The van der Waals surface area contributed by atoms with E-state index < -0.39 is 0 Å². The topological polar surface area (TPSA) is 38.3 Å². The number of amides is 1. The Hall–Kier alpha value is -0.280. The number of ether oxygens (including phenoxy) is 1. The SMILES string of the molecule is CCOC1CC(CC(=O)NC2CCCCCC2Cl)C1. The minimum atomic E-state index is 0.115. The third-order valence-electron chi connectivity index (χ3n) is 4.35. The number of hydrogen-bond acceptors (Lipinski definition) is 2. The number of carbonyl (C=O) groups excluding carboxylic acids is 1. The van der Waals surface area contributed by atoms with Crippen LogP contribution in [0.25, 0.3) is 0 Å². The van der Waals surface area contributed by atoms with Gasteiger partial charge in [0.1, 0.15) is 0 Å². The highest BCUT2D eigenvalue weighted by Gasteiger charge is 2.32. The molecule has 0 aromatic heterocycles. The molecule has 1 N–H and O–H groups in total. The lowest BCUT2D eigenvalue weighted by atomic mass is 9.80. The van der Waals surface area contributed by atoms with Gasteiger partial charge in [0.2, 0.25) is 5.91 Å². The van der Waals surface area contributed by atoms with Crippen LogP contribution in [0, 0.1) is 5.92 Å². The van der Waals surface area contributed by atoms with E-state index in [1.807, 2.05) is 6.92 Å². The van der Waals surface area contributed by atoms with Crippen LogP contribution in [0.1, 0.15) is 58.3 Å². The maximum Gasteiger partial charge on any atom is 0.220 e. The fourth-order valence-corrected chi connectivity index (χ4v) is 3.51. The van der Waals surface area contributed by atoms with Crippen LogP contribution in [0.15, 0.2) is 0 Å². The Morgan fingerprint density at radius 2 is 2.00 bits per heavy atom. The first kappa shape index (κ1) is 15.1. The molecule has 110 valence electrons. The van der Waals surface area contributed by atoms with E-state index in [0.717, 1.165) is 32.3 Å². The van der Waals surface area contributed by atoms with Gasteiger partial charge >= 0.3 is 0 Å². The lowest BCUT2D eigenvalue weighted by molar-refractivity contribution is -0.125. The number of carbonyl (C=O) groups is 1. The van der Waals surface area contributed by atoms with E-state index in [-0.39, 0.29) is 17.3 Å². The Morgan fingerprint density at radius 3 is 2.74 bits per heavy atom.